The molecule has 1 aromatic carbocycles. The molecule has 2 unspecified atom stereocenters. The zero-order chi connectivity index (χ0) is 13.1. The third kappa shape index (κ3) is 2.66. The molecule has 3 heteroatoms. The Kier molecular flexibility index (Phi) is 4.23. The minimum absolute atomic E-state index is 0.110. The molecule has 1 saturated carbocycles. The standard InChI is InChI=1S/C15H22FNO/c1-11-5-3-4-6-14(11)17(2)15-8-7-12(10-18)9-13(15)16/h7-9,11,14,18H,3-6,10H2,1-2H3. The van der Waals surface area contributed by atoms with E-state index >= 15 is 0 Å². The van der Waals surface area contributed by atoms with Crippen molar-refractivity contribution in [3.05, 3.63) is 29.6 Å². The van der Waals surface area contributed by atoms with Crippen LogP contribution >= 0.6 is 0 Å². The molecule has 0 spiro atoms. The van der Waals surface area contributed by atoms with E-state index in [4.69, 9.17) is 5.11 Å². The Labute approximate surface area is 108 Å². The lowest BCUT2D eigenvalue weighted by molar-refractivity contribution is 0.281. The lowest BCUT2D eigenvalue weighted by atomic mass is 9.85. The predicted molar refractivity (Wildman–Crippen MR) is 72.1 cm³/mol. The van der Waals surface area contributed by atoms with Gasteiger partial charge in [0.05, 0.1) is 12.3 Å². The van der Waals surface area contributed by atoms with E-state index < -0.39 is 0 Å². The van der Waals surface area contributed by atoms with Gasteiger partial charge >= 0.3 is 0 Å². The van der Waals surface area contributed by atoms with Crippen LogP contribution in [0.2, 0.25) is 0 Å². The molecule has 1 aliphatic carbocycles. The second-order valence-corrected chi connectivity index (χ2v) is 5.38. The second-order valence-electron chi connectivity index (χ2n) is 5.38. The highest BCUT2D eigenvalue weighted by Crippen LogP contribution is 2.31. The monoisotopic (exact) mass is 251 g/mol. The molecular formula is C15H22FNO. The van der Waals surface area contributed by atoms with E-state index in [9.17, 15) is 4.39 Å². The molecule has 2 atom stereocenters. The van der Waals surface area contributed by atoms with Crippen LogP contribution in [0.4, 0.5) is 10.1 Å². The molecule has 1 aliphatic rings. The summed E-state index contributed by atoms with van der Waals surface area (Å²) in [5, 5.41) is 9.00. The summed E-state index contributed by atoms with van der Waals surface area (Å²) in [5.74, 6) is 0.377. The van der Waals surface area contributed by atoms with E-state index in [1.165, 1.54) is 25.3 Å². The van der Waals surface area contributed by atoms with E-state index in [-0.39, 0.29) is 12.4 Å². The van der Waals surface area contributed by atoms with Gasteiger partial charge in [-0.1, -0.05) is 25.8 Å². The van der Waals surface area contributed by atoms with Gasteiger partial charge in [0.15, 0.2) is 0 Å². The van der Waals surface area contributed by atoms with Crippen molar-refractivity contribution in [2.45, 2.75) is 45.3 Å². The van der Waals surface area contributed by atoms with Gasteiger partial charge in [-0.3, -0.25) is 0 Å². The Morgan fingerprint density at radius 2 is 2.06 bits per heavy atom. The molecule has 2 nitrogen and oxygen atoms in total. The SMILES string of the molecule is CC1CCCCC1N(C)c1ccc(CO)cc1F. The van der Waals surface area contributed by atoms with E-state index in [2.05, 4.69) is 11.8 Å². The quantitative estimate of drug-likeness (QED) is 0.890. The van der Waals surface area contributed by atoms with Gasteiger partial charge in [0.1, 0.15) is 5.82 Å². The molecule has 18 heavy (non-hydrogen) atoms. The minimum atomic E-state index is -0.234. The topological polar surface area (TPSA) is 23.5 Å². The van der Waals surface area contributed by atoms with Crippen LogP contribution in [0.1, 0.15) is 38.2 Å². The fourth-order valence-electron chi connectivity index (χ4n) is 2.99. The molecule has 1 aromatic rings. The molecule has 100 valence electrons. The first-order valence-corrected chi connectivity index (χ1v) is 6.75. The van der Waals surface area contributed by atoms with Crippen molar-refractivity contribution in [1.82, 2.24) is 0 Å². The molecule has 0 aliphatic heterocycles. The Morgan fingerprint density at radius 1 is 1.33 bits per heavy atom. The van der Waals surface area contributed by atoms with Crippen molar-refractivity contribution < 1.29 is 9.50 Å². The van der Waals surface area contributed by atoms with E-state index in [0.29, 0.717) is 23.2 Å². The van der Waals surface area contributed by atoms with Crippen LogP contribution in [0.25, 0.3) is 0 Å². The number of hydrogen-bond donors (Lipinski definition) is 1. The van der Waals surface area contributed by atoms with Crippen molar-refractivity contribution in [3.63, 3.8) is 0 Å². The molecule has 0 saturated heterocycles. The first-order chi connectivity index (χ1) is 8.63. The smallest absolute Gasteiger partial charge is 0.146 e. The van der Waals surface area contributed by atoms with Gasteiger partial charge in [0.25, 0.3) is 0 Å². The number of halogens is 1. The van der Waals surface area contributed by atoms with E-state index in [1.807, 2.05) is 7.05 Å². The lowest BCUT2D eigenvalue weighted by Crippen LogP contribution is -2.39. The number of nitrogens with zero attached hydrogens (tertiary/aromatic N) is 1. The number of rotatable bonds is 3. The van der Waals surface area contributed by atoms with E-state index in [1.54, 1.807) is 12.1 Å². The maximum absolute atomic E-state index is 14.0. The predicted octanol–water partition coefficient (Wildman–Crippen LogP) is 3.33. The maximum atomic E-state index is 14.0. The lowest BCUT2D eigenvalue weighted by Gasteiger charge is -2.37. The van der Waals surface area contributed by atoms with Gasteiger partial charge in [0.2, 0.25) is 0 Å². The molecule has 0 bridgehead atoms. The highest BCUT2D eigenvalue weighted by Gasteiger charge is 2.26. The fraction of sp³-hybridized carbons (Fsp3) is 0.600. The Balaban J connectivity index is 2.19. The molecular weight excluding hydrogens is 229 g/mol. The van der Waals surface area contributed by atoms with Crippen LogP contribution < -0.4 is 4.90 Å². The van der Waals surface area contributed by atoms with Crippen molar-refractivity contribution in [2.24, 2.45) is 5.92 Å². The van der Waals surface area contributed by atoms with Crippen LogP contribution in [-0.4, -0.2) is 18.2 Å². The second kappa shape index (κ2) is 5.70. The number of hydrogen-bond acceptors (Lipinski definition) is 2. The van der Waals surface area contributed by atoms with Gasteiger partial charge < -0.3 is 10.0 Å². The summed E-state index contributed by atoms with van der Waals surface area (Å²) in [4.78, 5) is 2.07. The number of aliphatic hydroxyl groups excluding tert-OH is 1. The Bertz CT molecular complexity index is 407. The van der Waals surface area contributed by atoms with Crippen LogP contribution in [-0.2, 0) is 6.61 Å². The summed E-state index contributed by atoms with van der Waals surface area (Å²) in [6.07, 6.45) is 4.89. The molecule has 2 rings (SSSR count). The van der Waals surface area contributed by atoms with Gasteiger partial charge in [0, 0.05) is 13.1 Å². The molecule has 0 amide bonds. The summed E-state index contributed by atoms with van der Waals surface area (Å²) >= 11 is 0. The minimum Gasteiger partial charge on any atom is -0.392 e. The molecule has 1 N–H and O–H groups in total. The largest absolute Gasteiger partial charge is 0.392 e. The molecule has 0 heterocycles. The van der Waals surface area contributed by atoms with Crippen molar-refractivity contribution in [3.8, 4) is 0 Å². The van der Waals surface area contributed by atoms with Crippen molar-refractivity contribution in [1.29, 1.82) is 0 Å². The summed E-state index contributed by atoms with van der Waals surface area (Å²) in [5.41, 5.74) is 1.27. The fourth-order valence-corrected chi connectivity index (χ4v) is 2.99. The first-order valence-electron chi connectivity index (χ1n) is 6.75. The number of aliphatic hydroxyl groups is 1. The maximum Gasteiger partial charge on any atom is 0.146 e. The third-order valence-corrected chi connectivity index (χ3v) is 4.14. The summed E-state index contributed by atoms with van der Waals surface area (Å²) in [7, 11) is 1.98. The Morgan fingerprint density at radius 3 is 2.67 bits per heavy atom. The van der Waals surface area contributed by atoms with Gasteiger partial charge in [-0.15, -0.1) is 0 Å². The first kappa shape index (κ1) is 13.3. The molecule has 0 radical (unpaired) electrons. The number of anilines is 1. The average molecular weight is 251 g/mol. The zero-order valence-corrected chi connectivity index (χ0v) is 11.2. The summed E-state index contributed by atoms with van der Waals surface area (Å²) < 4.78 is 14.0. The third-order valence-electron chi connectivity index (χ3n) is 4.14. The van der Waals surface area contributed by atoms with Crippen molar-refractivity contribution >= 4 is 5.69 Å². The number of benzene rings is 1. The van der Waals surface area contributed by atoms with Crippen LogP contribution in [0.5, 0.6) is 0 Å². The normalized spacial score (nSPS) is 24.0. The van der Waals surface area contributed by atoms with Crippen LogP contribution in [0.15, 0.2) is 18.2 Å². The van der Waals surface area contributed by atoms with Gasteiger partial charge in [-0.25, -0.2) is 4.39 Å². The Hall–Kier alpha value is -1.09. The molecule has 0 aromatic heterocycles. The van der Waals surface area contributed by atoms with Crippen LogP contribution in [0.3, 0.4) is 0 Å². The molecule has 1 fully saturated rings. The van der Waals surface area contributed by atoms with Gasteiger partial charge in [-0.2, -0.15) is 0 Å². The van der Waals surface area contributed by atoms with Crippen LogP contribution in [0, 0.1) is 11.7 Å². The summed E-state index contributed by atoms with van der Waals surface area (Å²) in [6.45, 7) is 2.14. The van der Waals surface area contributed by atoms with Gasteiger partial charge in [-0.05, 0) is 36.5 Å². The van der Waals surface area contributed by atoms with Crippen molar-refractivity contribution in [2.75, 3.05) is 11.9 Å². The van der Waals surface area contributed by atoms with E-state index in [0.717, 1.165) is 6.42 Å². The summed E-state index contributed by atoms with van der Waals surface area (Å²) in [6, 6.07) is 5.43. The zero-order valence-electron chi connectivity index (χ0n) is 11.2. The average Bonchev–Trinajstić information content (AvgIpc) is 2.38. The highest BCUT2D eigenvalue weighted by molar-refractivity contribution is 5.49. The highest BCUT2D eigenvalue weighted by atomic mass is 19.1.